The Morgan fingerprint density at radius 2 is 2.00 bits per heavy atom. The first-order chi connectivity index (χ1) is 8.58. The summed E-state index contributed by atoms with van der Waals surface area (Å²) in [4.78, 5) is 11.9. The molecular formula is C14H21NO3. The van der Waals surface area contributed by atoms with E-state index < -0.39 is 12.0 Å². The standard InChI is InChI=1S/C14H21NO3/c1-4-5-13(16)10(2)14(17)15-11-6-8-12(18-3)9-7-11/h6-10,13,16H,4-5H2,1-3H3,(H,15,17)/t10-,13-/m0/s1. The lowest BCUT2D eigenvalue weighted by atomic mass is 10.00. The maximum absolute atomic E-state index is 11.9. The zero-order chi connectivity index (χ0) is 13.5. The third-order valence-electron chi connectivity index (χ3n) is 2.93. The summed E-state index contributed by atoms with van der Waals surface area (Å²) in [6.07, 6.45) is 0.909. The van der Waals surface area contributed by atoms with Gasteiger partial charge in [0.2, 0.25) is 5.91 Å². The quantitative estimate of drug-likeness (QED) is 0.816. The molecule has 0 saturated heterocycles. The van der Waals surface area contributed by atoms with Gasteiger partial charge in [-0.15, -0.1) is 0 Å². The summed E-state index contributed by atoms with van der Waals surface area (Å²) in [7, 11) is 1.59. The molecule has 1 amide bonds. The molecule has 4 nitrogen and oxygen atoms in total. The maximum atomic E-state index is 11.9. The van der Waals surface area contributed by atoms with E-state index in [1.165, 1.54) is 0 Å². The number of aliphatic hydroxyl groups is 1. The molecule has 1 aromatic carbocycles. The minimum absolute atomic E-state index is 0.166. The normalized spacial score (nSPS) is 13.8. The molecule has 0 aromatic heterocycles. The fourth-order valence-electron chi connectivity index (χ4n) is 1.65. The molecule has 100 valence electrons. The first kappa shape index (κ1) is 14.5. The predicted octanol–water partition coefficient (Wildman–Crippen LogP) is 2.43. The van der Waals surface area contributed by atoms with Crippen LogP contribution in [0.15, 0.2) is 24.3 Å². The Morgan fingerprint density at radius 3 is 2.50 bits per heavy atom. The van der Waals surface area contributed by atoms with Crippen LogP contribution in [0.3, 0.4) is 0 Å². The van der Waals surface area contributed by atoms with E-state index in [1.807, 2.05) is 6.92 Å². The Labute approximate surface area is 108 Å². The van der Waals surface area contributed by atoms with E-state index in [2.05, 4.69) is 5.32 Å². The number of hydrogen-bond acceptors (Lipinski definition) is 3. The van der Waals surface area contributed by atoms with Gasteiger partial charge in [0.15, 0.2) is 0 Å². The molecule has 0 fully saturated rings. The lowest BCUT2D eigenvalue weighted by Crippen LogP contribution is -2.30. The van der Waals surface area contributed by atoms with E-state index in [1.54, 1.807) is 38.3 Å². The molecule has 2 N–H and O–H groups in total. The summed E-state index contributed by atoms with van der Waals surface area (Å²) >= 11 is 0. The second kappa shape index (κ2) is 7.01. The van der Waals surface area contributed by atoms with E-state index in [4.69, 9.17) is 4.74 Å². The minimum Gasteiger partial charge on any atom is -0.497 e. The van der Waals surface area contributed by atoms with Gasteiger partial charge >= 0.3 is 0 Å². The summed E-state index contributed by atoms with van der Waals surface area (Å²) in [6, 6.07) is 7.11. The van der Waals surface area contributed by atoms with E-state index in [9.17, 15) is 9.90 Å². The summed E-state index contributed by atoms with van der Waals surface area (Å²) in [6.45, 7) is 3.72. The highest BCUT2D eigenvalue weighted by Gasteiger charge is 2.21. The van der Waals surface area contributed by atoms with Gasteiger partial charge < -0.3 is 15.2 Å². The average Bonchev–Trinajstić information content (AvgIpc) is 2.39. The molecule has 0 unspecified atom stereocenters. The third-order valence-corrected chi connectivity index (χ3v) is 2.93. The first-order valence-corrected chi connectivity index (χ1v) is 6.21. The van der Waals surface area contributed by atoms with Crippen molar-refractivity contribution in [2.75, 3.05) is 12.4 Å². The molecule has 4 heteroatoms. The highest BCUT2D eigenvalue weighted by molar-refractivity contribution is 5.92. The predicted molar refractivity (Wildman–Crippen MR) is 71.7 cm³/mol. The van der Waals surface area contributed by atoms with Crippen molar-refractivity contribution < 1.29 is 14.6 Å². The van der Waals surface area contributed by atoms with Crippen molar-refractivity contribution in [3.63, 3.8) is 0 Å². The van der Waals surface area contributed by atoms with Gasteiger partial charge in [-0.2, -0.15) is 0 Å². The van der Waals surface area contributed by atoms with Crippen LogP contribution in [-0.2, 0) is 4.79 Å². The molecule has 0 radical (unpaired) electrons. The second-order valence-corrected chi connectivity index (χ2v) is 4.36. The SMILES string of the molecule is CCC[C@H](O)[C@H](C)C(=O)Nc1ccc(OC)cc1. The molecule has 0 aliphatic heterocycles. The number of ether oxygens (including phenoxy) is 1. The Balaban J connectivity index is 2.57. The van der Waals surface area contributed by atoms with Gasteiger partial charge in [0.1, 0.15) is 5.75 Å². The van der Waals surface area contributed by atoms with Crippen molar-refractivity contribution in [2.24, 2.45) is 5.92 Å². The number of anilines is 1. The smallest absolute Gasteiger partial charge is 0.229 e. The van der Waals surface area contributed by atoms with Crippen molar-refractivity contribution in [3.8, 4) is 5.75 Å². The van der Waals surface area contributed by atoms with Crippen LogP contribution in [0.5, 0.6) is 5.75 Å². The van der Waals surface area contributed by atoms with Crippen LogP contribution in [0.1, 0.15) is 26.7 Å². The van der Waals surface area contributed by atoms with Crippen LogP contribution >= 0.6 is 0 Å². The molecule has 2 atom stereocenters. The lowest BCUT2D eigenvalue weighted by molar-refractivity contribution is -0.122. The Morgan fingerprint density at radius 1 is 1.39 bits per heavy atom. The largest absolute Gasteiger partial charge is 0.497 e. The van der Waals surface area contributed by atoms with Gasteiger partial charge in [-0.3, -0.25) is 4.79 Å². The topological polar surface area (TPSA) is 58.6 Å². The number of benzene rings is 1. The number of carbonyl (C=O) groups excluding carboxylic acids is 1. The molecule has 0 saturated carbocycles. The second-order valence-electron chi connectivity index (χ2n) is 4.36. The highest BCUT2D eigenvalue weighted by atomic mass is 16.5. The molecule has 1 rings (SSSR count). The van der Waals surface area contributed by atoms with Gasteiger partial charge in [0.25, 0.3) is 0 Å². The number of hydrogen-bond donors (Lipinski definition) is 2. The molecule has 0 bridgehead atoms. The molecular weight excluding hydrogens is 230 g/mol. The fraction of sp³-hybridized carbons (Fsp3) is 0.500. The number of rotatable bonds is 6. The van der Waals surface area contributed by atoms with Crippen molar-refractivity contribution >= 4 is 11.6 Å². The summed E-state index contributed by atoms with van der Waals surface area (Å²) in [5, 5.41) is 12.5. The molecule has 0 spiro atoms. The summed E-state index contributed by atoms with van der Waals surface area (Å²) in [5.74, 6) is 0.167. The average molecular weight is 251 g/mol. The highest BCUT2D eigenvalue weighted by Crippen LogP contribution is 2.17. The van der Waals surface area contributed by atoms with Gasteiger partial charge in [-0.05, 0) is 30.7 Å². The summed E-state index contributed by atoms with van der Waals surface area (Å²) < 4.78 is 5.04. The van der Waals surface area contributed by atoms with Gasteiger partial charge in [0, 0.05) is 5.69 Å². The minimum atomic E-state index is -0.590. The van der Waals surface area contributed by atoms with Crippen molar-refractivity contribution in [2.45, 2.75) is 32.8 Å². The van der Waals surface area contributed by atoms with Crippen LogP contribution in [0, 0.1) is 5.92 Å². The zero-order valence-electron chi connectivity index (χ0n) is 11.1. The van der Waals surface area contributed by atoms with Crippen LogP contribution in [-0.4, -0.2) is 24.2 Å². The molecule has 0 aliphatic carbocycles. The van der Waals surface area contributed by atoms with Crippen molar-refractivity contribution in [1.82, 2.24) is 0 Å². The van der Waals surface area contributed by atoms with Crippen LogP contribution in [0.2, 0.25) is 0 Å². The van der Waals surface area contributed by atoms with E-state index in [-0.39, 0.29) is 5.91 Å². The zero-order valence-corrected chi connectivity index (χ0v) is 11.1. The number of amides is 1. The Bertz CT molecular complexity index is 375. The van der Waals surface area contributed by atoms with Crippen LogP contribution < -0.4 is 10.1 Å². The van der Waals surface area contributed by atoms with Crippen molar-refractivity contribution in [3.05, 3.63) is 24.3 Å². The van der Waals surface area contributed by atoms with Crippen molar-refractivity contribution in [1.29, 1.82) is 0 Å². The maximum Gasteiger partial charge on any atom is 0.229 e. The van der Waals surface area contributed by atoms with E-state index in [0.29, 0.717) is 12.1 Å². The number of carbonyl (C=O) groups is 1. The van der Waals surface area contributed by atoms with Crippen LogP contribution in [0.25, 0.3) is 0 Å². The lowest BCUT2D eigenvalue weighted by Gasteiger charge is -2.17. The monoisotopic (exact) mass is 251 g/mol. The third kappa shape index (κ3) is 4.04. The molecule has 18 heavy (non-hydrogen) atoms. The van der Waals surface area contributed by atoms with Gasteiger partial charge in [0.05, 0.1) is 19.1 Å². The first-order valence-electron chi connectivity index (χ1n) is 6.21. The van der Waals surface area contributed by atoms with E-state index >= 15 is 0 Å². The molecule has 0 aliphatic rings. The number of methoxy groups -OCH3 is 1. The van der Waals surface area contributed by atoms with E-state index in [0.717, 1.165) is 12.2 Å². The van der Waals surface area contributed by atoms with Crippen LogP contribution in [0.4, 0.5) is 5.69 Å². The molecule has 0 heterocycles. The van der Waals surface area contributed by atoms with Gasteiger partial charge in [-0.1, -0.05) is 20.3 Å². The Kier molecular flexibility index (Phi) is 5.65. The van der Waals surface area contributed by atoms with Gasteiger partial charge in [-0.25, -0.2) is 0 Å². The number of nitrogens with one attached hydrogen (secondary N) is 1. The summed E-state index contributed by atoms with van der Waals surface area (Å²) in [5.41, 5.74) is 0.705. The Hall–Kier alpha value is -1.55. The number of aliphatic hydroxyl groups excluding tert-OH is 1. The fourth-order valence-corrected chi connectivity index (χ4v) is 1.65. The molecule has 1 aromatic rings.